The first-order valence-corrected chi connectivity index (χ1v) is 11.5. The highest BCUT2D eigenvalue weighted by Gasteiger charge is 2.51. The number of carbonyl (C=O) groups excluding carboxylic acids is 1. The van der Waals surface area contributed by atoms with Gasteiger partial charge in [0.05, 0.1) is 6.54 Å². The highest BCUT2D eigenvalue weighted by Crippen LogP contribution is 2.39. The number of amides is 1. The van der Waals surface area contributed by atoms with Crippen molar-refractivity contribution >= 4 is 11.9 Å². The Balaban J connectivity index is 1.53. The quantitative estimate of drug-likeness (QED) is 0.635. The van der Waals surface area contributed by atoms with Gasteiger partial charge < -0.3 is 10.6 Å². The molecule has 5 nitrogen and oxygen atoms in total. The third kappa shape index (κ3) is 4.13. The molecule has 4 aliphatic rings. The molecule has 1 saturated heterocycles. The van der Waals surface area contributed by atoms with Crippen LogP contribution in [0.4, 0.5) is 0 Å². The predicted octanol–water partition coefficient (Wildman–Crippen LogP) is 4.42. The van der Waals surface area contributed by atoms with Crippen molar-refractivity contribution in [2.24, 2.45) is 11.8 Å². The van der Waals surface area contributed by atoms with E-state index in [0.717, 1.165) is 30.9 Å². The first-order chi connectivity index (χ1) is 13.7. The summed E-state index contributed by atoms with van der Waals surface area (Å²) in [5.74, 6) is 1.76. The zero-order chi connectivity index (χ0) is 19.4. The highest BCUT2D eigenvalue weighted by molar-refractivity contribution is 6.09. The van der Waals surface area contributed by atoms with Gasteiger partial charge in [0.2, 0.25) is 5.96 Å². The molecule has 0 bridgehead atoms. The van der Waals surface area contributed by atoms with Crippen molar-refractivity contribution in [3.63, 3.8) is 0 Å². The second kappa shape index (κ2) is 8.71. The molecular weight excluding hydrogens is 348 g/mol. The lowest BCUT2D eigenvalue weighted by Gasteiger charge is -2.34. The van der Waals surface area contributed by atoms with Crippen molar-refractivity contribution in [1.82, 2.24) is 15.5 Å². The molecule has 0 unspecified atom stereocenters. The Hall–Kier alpha value is -1.78. The van der Waals surface area contributed by atoms with E-state index in [9.17, 15) is 4.79 Å². The van der Waals surface area contributed by atoms with Crippen LogP contribution in [0.15, 0.2) is 24.0 Å². The Morgan fingerprint density at radius 2 is 1.71 bits per heavy atom. The first kappa shape index (κ1) is 19.5. The van der Waals surface area contributed by atoms with Crippen LogP contribution in [0.1, 0.15) is 83.5 Å². The predicted molar refractivity (Wildman–Crippen MR) is 113 cm³/mol. The van der Waals surface area contributed by atoms with Crippen molar-refractivity contribution in [2.75, 3.05) is 6.54 Å². The molecule has 3 N–H and O–H groups in total. The summed E-state index contributed by atoms with van der Waals surface area (Å²) in [5.41, 5.74) is 0.312. The van der Waals surface area contributed by atoms with Crippen molar-refractivity contribution in [3.05, 3.63) is 24.0 Å². The van der Waals surface area contributed by atoms with E-state index in [1.807, 2.05) is 18.4 Å². The second-order valence-electron chi connectivity index (χ2n) is 9.35. The van der Waals surface area contributed by atoms with E-state index in [4.69, 9.17) is 5.41 Å². The summed E-state index contributed by atoms with van der Waals surface area (Å²) >= 11 is 0. The maximum Gasteiger partial charge on any atom is 0.259 e. The van der Waals surface area contributed by atoms with Crippen molar-refractivity contribution in [1.29, 1.82) is 5.41 Å². The Labute approximate surface area is 169 Å². The van der Waals surface area contributed by atoms with Gasteiger partial charge >= 0.3 is 0 Å². The number of nitrogens with one attached hydrogen (secondary N) is 3. The van der Waals surface area contributed by atoms with Crippen LogP contribution < -0.4 is 10.6 Å². The van der Waals surface area contributed by atoms with Crippen molar-refractivity contribution in [2.45, 2.75) is 89.0 Å². The summed E-state index contributed by atoms with van der Waals surface area (Å²) in [4.78, 5) is 15.4. The van der Waals surface area contributed by atoms with Gasteiger partial charge in [0.25, 0.3) is 5.91 Å². The number of guanidine groups is 1. The molecular formula is C23H36N4O. The number of dihydropyridines is 1. The Bertz CT molecular complexity index is 643. The molecule has 2 heterocycles. The van der Waals surface area contributed by atoms with E-state index in [2.05, 4.69) is 10.6 Å². The zero-order valence-electron chi connectivity index (χ0n) is 17.1. The van der Waals surface area contributed by atoms with Gasteiger partial charge in [-0.1, -0.05) is 64.2 Å². The molecule has 154 valence electrons. The van der Waals surface area contributed by atoms with E-state index in [1.165, 1.54) is 64.2 Å². The van der Waals surface area contributed by atoms with Crippen molar-refractivity contribution < 1.29 is 4.79 Å². The Kier molecular flexibility index (Phi) is 6.07. The maximum absolute atomic E-state index is 13.7. The molecule has 4 rings (SSSR count). The number of rotatable bonds is 6. The van der Waals surface area contributed by atoms with Crippen LogP contribution in [0.5, 0.6) is 0 Å². The normalized spacial score (nSPS) is 29.6. The average molecular weight is 385 g/mol. The third-order valence-electron chi connectivity index (χ3n) is 7.33. The summed E-state index contributed by atoms with van der Waals surface area (Å²) in [6, 6.07) is 0. The van der Waals surface area contributed by atoms with Crippen LogP contribution in [0.25, 0.3) is 0 Å². The molecule has 0 spiro atoms. The molecule has 0 aromatic heterocycles. The topological polar surface area (TPSA) is 68.2 Å². The molecule has 1 atom stereocenters. The minimum Gasteiger partial charge on any atom is -0.385 e. The largest absolute Gasteiger partial charge is 0.385 e. The fourth-order valence-corrected chi connectivity index (χ4v) is 5.75. The van der Waals surface area contributed by atoms with Crippen LogP contribution >= 0.6 is 0 Å². The fourth-order valence-electron chi connectivity index (χ4n) is 5.75. The van der Waals surface area contributed by atoms with Crippen LogP contribution in [0.3, 0.4) is 0 Å². The standard InChI is InChI=1S/C23H36N4O/c24-22-26-23(16-19-10-5-2-6-11-19,14-13-18-8-3-1-4-9-18)21(28)27(22)20-12-7-15-25-17-20/h7,12,15,18-19,25H,1-6,8-11,13-14,16-17H2,(H2,24,26)/t23-/m1/s1. The molecule has 0 radical (unpaired) electrons. The second-order valence-corrected chi connectivity index (χ2v) is 9.35. The Morgan fingerprint density at radius 1 is 1.04 bits per heavy atom. The summed E-state index contributed by atoms with van der Waals surface area (Å²) in [6.07, 6.45) is 21.7. The summed E-state index contributed by atoms with van der Waals surface area (Å²) in [5, 5.41) is 15.2. The molecule has 28 heavy (non-hydrogen) atoms. The SMILES string of the molecule is N=C1N[C@](CCC2CCCCC2)(CC2CCCCC2)C(=O)N1C1=CC=CNC1. The average Bonchev–Trinajstić information content (AvgIpc) is 2.98. The van der Waals surface area contributed by atoms with Gasteiger partial charge in [-0.2, -0.15) is 0 Å². The van der Waals surface area contributed by atoms with Crippen LogP contribution in [0, 0.1) is 17.2 Å². The number of allylic oxidation sites excluding steroid dienone is 2. The number of hydrogen-bond donors (Lipinski definition) is 3. The number of nitrogens with zero attached hydrogens (tertiary/aromatic N) is 1. The minimum atomic E-state index is -0.571. The van der Waals surface area contributed by atoms with E-state index < -0.39 is 5.54 Å². The molecule has 0 aromatic rings. The lowest BCUT2D eigenvalue weighted by molar-refractivity contribution is -0.131. The summed E-state index contributed by atoms with van der Waals surface area (Å²) in [7, 11) is 0. The van der Waals surface area contributed by atoms with Gasteiger partial charge in [-0.05, 0) is 49.5 Å². The van der Waals surface area contributed by atoms with Crippen LogP contribution in [-0.2, 0) is 4.79 Å². The lowest BCUT2D eigenvalue weighted by Crippen LogP contribution is -2.49. The smallest absolute Gasteiger partial charge is 0.259 e. The number of hydrogen-bond acceptors (Lipinski definition) is 3. The first-order valence-electron chi connectivity index (χ1n) is 11.5. The summed E-state index contributed by atoms with van der Waals surface area (Å²) < 4.78 is 0. The highest BCUT2D eigenvalue weighted by atomic mass is 16.2. The van der Waals surface area contributed by atoms with Gasteiger partial charge in [-0.25, -0.2) is 0 Å². The Morgan fingerprint density at radius 3 is 2.36 bits per heavy atom. The number of carbonyl (C=O) groups is 1. The molecule has 2 aliphatic heterocycles. The van der Waals surface area contributed by atoms with Crippen molar-refractivity contribution in [3.8, 4) is 0 Å². The van der Waals surface area contributed by atoms with Gasteiger partial charge in [-0.3, -0.25) is 15.1 Å². The molecule has 2 aliphatic carbocycles. The van der Waals surface area contributed by atoms with Gasteiger partial charge in [0.15, 0.2) is 0 Å². The monoisotopic (exact) mass is 384 g/mol. The van der Waals surface area contributed by atoms with E-state index in [1.54, 1.807) is 4.90 Å². The van der Waals surface area contributed by atoms with E-state index in [-0.39, 0.29) is 11.9 Å². The van der Waals surface area contributed by atoms with Gasteiger partial charge in [0, 0.05) is 5.70 Å². The molecule has 2 saturated carbocycles. The minimum absolute atomic E-state index is 0.113. The van der Waals surface area contributed by atoms with E-state index in [0.29, 0.717) is 12.5 Å². The lowest BCUT2D eigenvalue weighted by atomic mass is 9.75. The van der Waals surface area contributed by atoms with Crippen LogP contribution in [0.2, 0.25) is 0 Å². The fraction of sp³-hybridized carbons (Fsp3) is 0.739. The zero-order valence-corrected chi connectivity index (χ0v) is 17.1. The maximum atomic E-state index is 13.7. The molecule has 1 amide bonds. The third-order valence-corrected chi connectivity index (χ3v) is 7.33. The molecule has 3 fully saturated rings. The van der Waals surface area contributed by atoms with E-state index >= 15 is 0 Å². The molecule has 0 aromatic carbocycles. The summed E-state index contributed by atoms with van der Waals surface area (Å²) in [6.45, 7) is 0.606. The molecule has 5 heteroatoms. The van der Waals surface area contributed by atoms with Gasteiger partial charge in [-0.15, -0.1) is 0 Å². The van der Waals surface area contributed by atoms with Crippen LogP contribution in [-0.4, -0.2) is 28.9 Å². The van der Waals surface area contributed by atoms with Gasteiger partial charge in [0.1, 0.15) is 5.54 Å².